The first-order chi connectivity index (χ1) is 12.9. The first kappa shape index (κ1) is 20.1. The summed E-state index contributed by atoms with van der Waals surface area (Å²) < 4.78 is 32.8. The third-order valence-corrected chi connectivity index (χ3v) is 6.83. The lowest BCUT2D eigenvalue weighted by Crippen LogP contribution is -2.40. The zero-order valence-corrected chi connectivity index (χ0v) is 17.3. The summed E-state index contributed by atoms with van der Waals surface area (Å²) in [6.45, 7) is 1.28. The van der Waals surface area contributed by atoms with Crippen LogP contribution in [0.3, 0.4) is 0 Å². The Morgan fingerprint density at radius 2 is 1.74 bits per heavy atom. The minimum absolute atomic E-state index is 0.0602. The fourth-order valence-corrected chi connectivity index (χ4v) is 4.52. The van der Waals surface area contributed by atoms with Gasteiger partial charge in [0.2, 0.25) is 10.0 Å². The van der Waals surface area contributed by atoms with Gasteiger partial charge in [-0.3, -0.25) is 0 Å². The van der Waals surface area contributed by atoms with Crippen LogP contribution in [0.15, 0.2) is 51.8 Å². The molecule has 2 N–H and O–H groups in total. The molecular weight excluding hydrogens is 458 g/mol. The van der Waals surface area contributed by atoms with Crippen LogP contribution in [0.25, 0.3) is 0 Å². The number of hydrogen-bond acceptors (Lipinski definition) is 4. The maximum Gasteiger partial charge on any atom is 0.323 e. The summed E-state index contributed by atoms with van der Waals surface area (Å²) >= 11 is 9.47. The van der Waals surface area contributed by atoms with E-state index in [2.05, 4.69) is 26.6 Å². The van der Waals surface area contributed by atoms with Gasteiger partial charge in [0.05, 0.1) is 34.5 Å². The largest absolute Gasteiger partial charge is 0.379 e. The van der Waals surface area contributed by atoms with Gasteiger partial charge < -0.3 is 15.4 Å². The Morgan fingerprint density at radius 3 is 2.44 bits per heavy atom. The van der Waals surface area contributed by atoms with Gasteiger partial charge in [-0.15, -0.1) is 0 Å². The number of urea groups is 1. The van der Waals surface area contributed by atoms with E-state index >= 15 is 0 Å². The molecular formula is C17H17BrClN3O4S. The number of halogens is 2. The van der Waals surface area contributed by atoms with Crippen molar-refractivity contribution in [1.29, 1.82) is 0 Å². The predicted octanol–water partition coefficient (Wildman–Crippen LogP) is 3.77. The van der Waals surface area contributed by atoms with Crippen LogP contribution >= 0.6 is 27.5 Å². The Hall–Kier alpha value is -1.65. The number of morpholine rings is 1. The molecule has 27 heavy (non-hydrogen) atoms. The van der Waals surface area contributed by atoms with E-state index in [1.165, 1.54) is 22.5 Å². The van der Waals surface area contributed by atoms with Gasteiger partial charge >= 0.3 is 6.03 Å². The summed E-state index contributed by atoms with van der Waals surface area (Å²) in [7, 11) is -3.69. The van der Waals surface area contributed by atoms with Gasteiger partial charge in [-0.2, -0.15) is 4.31 Å². The van der Waals surface area contributed by atoms with Gasteiger partial charge in [-0.25, -0.2) is 13.2 Å². The van der Waals surface area contributed by atoms with Crippen molar-refractivity contribution in [2.45, 2.75) is 4.90 Å². The number of hydrogen-bond donors (Lipinski definition) is 2. The summed E-state index contributed by atoms with van der Waals surface area (Å²) in [5, 5.41) is 5.50. The second-order valence-corrected chi connectivity index (χ2v) is 8.92. The first-order valence-corrected chi connectivity index (χ1v) is 10.7. The molecule has 2 aromatic carbocycles. The highest BCUT2D eigenvalue weighted by Gasteiger charge is 2.27. The number of carbonyl (C=O) groups excluding carboxylic acids is 1. The Kier molecular flexibility index (Phi) is 6.38. The van der Waals surface area contributed by atoms with Gasteiger partial charge in [-0.05, 0) is 46.3 Å². The zero-order valence-electron chi connectivity index (χ0n) is 14.1. The van der Waals surface area contributed by atoms with E-state index in [0.717, 1.165) is 4.47 Å². The third-order valence-electron chi connectivity index (χ3n) is 3.92. The molecule has 1 aliphatic rings. The van der Waals surface area contributed by atoms with E-state index in [9.17, 15) is 13.2 Å². The van der Waals surface area contributed by atoms with Crippen LogP contribution in [0.5, 0.6) is 0 Å². The van der Waals surface area contributed by atoms with Crippen LogP contribution in [0, 0.1) is 0 Å². The van der Waals surface area contributed by atoms with Crippen molar-refractivity contribution in [3.05, 3.63) is 52.0 Å². The molecule has 7 nitrogen and oxygen atoms in total. The summed E-state index contributed by atoms with van der Waals surface area (Å²) in [5.41, 5.74) is 0.777. The standard InChI is InChI=1S/C17H17BrClN3O4S/c18-13-3-1-2-4-15(13)20-17(23)21-16-11-12(5-6-14(16)19)27(24,25)22-7-9-26-10-8-22/h1-6,11H,7-10H2,(H2,20,21,23). The molecule has 0 aromatic heterocycles. The van der Waals surface area contributed by atoms with Crippen molar-refractivity contribution in [2.75, 3.05) is 36.9 Å². The normalized spacial score (nSPS) is 15.3. The average Bonchev–Trinajstić information content (AvgIpc) is 2.66. The van der Waals surface area contributed by atoms with Crippen molar-refractivity contribution in [3.63, 3.8) is 0 Å². The number of para-hydroxylation sites is 1. The second kappa shape index (κ2) is 8.57. The Balaban J connectivity index is 1.79. The number of carbonyl (C=O) groups is 1. The summed E-state index contributed by atoms with van der Waals surface area (Å²) in [6.07, 6.45) is 0. The van der Waals surface area contributed by atoms with E-state index in [4.69, 9.17) is 16.3 Å². The van der Waals surface area contributed by atoms with Crippen LogP contribution in [0.1, 0.15) is 0 Å². The number of anilines is 2. The van der Waals surface area contributed by atoms with E-state index in [1.807, 2.05) is 6.07 Å². The van der Waals surface area contributed by atoms with Crippen LogP contribution in [-0.4, -0.2) is 45.1 Å². The molecule has 2 amide bonds. The first-order valence-electron chi connectivity index (χ1n) is 8.08. The summed E-state index contributed by atoms with van der Waals surface area (Å²) in [4.78, 5) is 12.3. The summed E-state index contributed by atoms with van der Waals surface area (Å²) in [6, 6.07) is 10.8. The molecule has 144 valence electrons. The predicted molar refractivity (Wildman–Crippen MR) is 108 cm³/mol. The second-order valence-electron chi connectivity index (χ2n) is 5.72. The number of nitrogens with one attached hydrogen (secondary N) is 2. The Labute approximate surface area is 170 Å². The topological polar surface area (TPSA) is 87.7 Å². The van der Waals surface area contributed by atoms with Gasteiger partial charge in [0.1, 0.15) is 0 Å². The maximum atomic E-state index is 12.8. The number of sulfonamides is 1. The molecule has 0 saturated carbocycles. The lowest BCUT2D eigenvalue weighted by Gasteiger charge is -2.26. The number of amides is 2. The van der Waals surface area contributed by atoms with E-state index in [1.54, 1.807) is 18.2 Å². The molecule has 0 unspecified atom stereocenters. The number of benzene rings is 2. The molecule has 1 heterocycles. The highest BCUT2D eigenvalue weighted by molar-refractivity contribution is 9.10. The molecule has 0 atom stereocenters. The minimum Gasteiger partial charge on any atom is -0.379 e. The van der Waals surface area contributed by atoms with Crippen molar-refractivity contribution >= 4 is 55.0 Å². The van der Waals surface area contributed by atoms with Crippen LogP contribution in [0.4, 0.5) is 16.2 Å². The molecule has 1 fully saturated rings. The molecule has 0 aliphatic carbocycles. The van der Waals surface area contributed by atoms with Crippen LogP contribution in [-0.2, 0) is 14.8 Å². The van der Waals surface area contributed by atoms with Crippen LogP contribution < -0.4 is 10.6 Å². The lowest BCUT2D eigenvalue weighted by atomic mass is 10.3. The fourth-order valence-electron chi connectivity index (χ4n) is 2.54. The van der Waals surface area contributed by atoms with Crippen LogP contribution in [0.2, 0.25) is 5.02 Å². The van der Waals surface area contributed by atoms with Crippen molar-refractivity contribution < 1.29 is 17.9 Å². The minimum atomic E-state index is -3.69. The van der Waals surface area contributed by atoms with Crippen molar-refractivity contribution in [1.82, 2.24) is 4.31 Å². The van der Waals surface area contributed by atoms with Gasteiger partial charge in [0.25, 0.3) is 0 Å². The highest BCUT2D eigenvalue weighted by Crippen LogP contribution is 2.28. The van der Waals surface area contributed by atoms with E-state index in [0.29, 0.717) is 18.9 Å². The fraction of sp³-hybridized carbons (Fsp3) is 0.235. The third kappa shape index (κ3) is 4.80. The molecule has 1 saturated heterocycles. The SMILES string of the molecule is O=C(Nc1cc(S(=O)(=O)N2CCOCC2)ccc1Cl)Nc1ccccc1Br. The highest BCUT2D eigenvalue weighted by atomic mass is 79.9. The average molecular weight is 475 g/mol. The lowest BCUT2D eigenvalue weighted by molar-refractivity contribution is 0.0730. The maximum absolute atomic E-state index is 12.8. The quantitative estimate of drug-likeness (QED) is 0.706. The Morgan fingerprint density at radius 1 is 1.07 bits per heavy atom. The summed E-state index contributed by atoms with van der Waals surface area (Å²) in [5.74, 6) is 0. The van der Waals surface area contributed by atoms with Gasteiger partial charge in [0.15, 0.2) is 0 Å². The van der Waals surface area contributed by atoms with E-state index < -0.39 is 16.1 Å². The van der Waals surface area contributed by atoms with Gasteiger partial charge in [-0.1, -0.05) is 23.7 Å². The smallest absolute Gasteiger partial charge is 0.323 e. The molecule has 10 heteroatoms. The molecule has 0 bridgehead atoms. The molecule has 0 radical (unpaired) electrons. The monoisotopic (exact) mass is 473 g/mol. The molecule has 2 aromatic rings. The molecule has 0 spiro atoms. The van der Waals surface area contributed by atoms with E-state index in [-0.39, 0.29) is 28.7 Å². The number of rotatable bonds is 4. The van der Waals surface area contributed by atoms with Crippen molar-refractivity contribution in [3.8, 4) is 0 Å². The molecule has 1 aliphatic heterocycles. The number of ether oxygens (including phenoxy) is 1. The molecule has 3 rings (SSSR count). The van der Waals surface area contributed by atoms with Crippen molar-refractivity contribution in [2.24, 2.45) is 0 Å². The zero-order chi connectivity index (χ0) is 19.4. The Bertz CT molecular complexity index is 949. The number of nitrogens with zero attached hydrogens (tertiary/aromatic N) is 1. The van der Waals surface area contributed by atoms with Gasteiger partial charge in [0, 0.05) is 17.6 Å².